The van der Waals surface area contributed by atoms with E-state index in [0.717, 1.165) is 43.8 Å². The topological polar surface area (TPSA) is 57.5 Å². The number of carbonyl (C=O) groups is 1. The van der Waals surface area contributed by atoms with E-state index in [1.165, 1.54) is 22.5 Å². The normalized spacial score (nSPS) is 18.1. The Hall–Kier alpha value is -3.87. The zero-order valence-corrected chi connectivity index (χ0v) is 20.0. The highest BCUT2D eigenvalue weighted by Crippen LogP contribution is 2.32. The summed E-state index contributed by atoms with van der Waals surface area (Å²) in [6.45, 7) is 6.76. The molecular formula is C28H30N6O. The lowest BCUT2D eigenvalue weighted by Crippen LogP contribution is -2.55. The van der Waals surface area contributed by atoms with Crippen molar-refractivity contribution in [2.24, 2.45) is 0 Å². The summed E-state index contributed by atoms with van der Waals surface area (Å²) >= 11 is 0. The first-order valence-electron chi connectivity index (χ1n) is 12.4. The smallest absolute Gasteiger partial charge is 0.242 e. The largest absolute Gasteiger partial charge is 0.367 e. The quantitative estimate of drug-likeness (QED) is 0.459. The average Bonchev–Trinajstić information content (AvgIpc) is 3.31. The number of para-hydroxylation sites is 1. The fourth-order valence-corrected chi connectivity index (χ4v) is 5.51. The van der Waals surface area contributed by atoms with E-state index in [9.17, 15) is 4.79 Å². The minimum absolute atomic E-state index is 0.118. The summed E-state index contributed by atoms with van der Waals surface area (Å²) in [5.41, 5.74) is 7.03. The van der Waals surface area contributed by atoms with E-state index in [0.29, 0.717) is 6.54 Å². The van der Waals surface area contributed by atoms with Crippen LogP contribution < -0.4 is 9.80 Å². The SMILES string of the molecule is CC1CN(c2cccc3c2CN(c2ccccc2)CC3)CCN1C(=O)Cn1cnc2cccnc21. The minimum atomic E-state index is 0.118. The lowest BCUT2D eigenvalue weighted by Gasteiger charge is -2.43. The van der Waals surface area contributed by atoms with Gasteiger partial charge in [-0.2, -0.15) is 0 Å². The van der Waals surface area contributed by atoms with Crippen LogP contribution in [0.4, 0.5) is 11.4 Å². The minimum Gasteiger partial charge on any atom is -0.367 e. The van der Waals surface area contributed by atoms with E-state index < -0.39 is 0 Å². The van der Waals surface area contributed by atoms with Gasteiger partial charge < -0.3 is 19.3 Å². The molecule has 1 saturated heterocycles. The number of hydrogen-bond donors (Lipinski definition) is 0. The molecule has 0 N–H and O–H groups in total. The lowest BCUT2D eigenvalue weighted by atomic mass is 9.96. The molecule has 178 valence electrons. The van der Waals surface area contributed by atoms with Crippen LogP contribution in [0.1, 0.15) is 18.1 Å². The second-order valence-corrected chi connectivity index (χ2v) is 9.52. The Bertz CT molecular complexity index is 1350. The molecule has 7 heteroatoms. The number of imidazole rings is 1. The van der Waals surface area contributed by atoms with Crippen molar-refractivity contribution in [1.82, 2.24) is 19.4 Å². The summed E-state index contributed by atoms with van der Waals surface area (Å²) in [7, 11) is 0. The first kappa shape index (κ1) is 21.6. The number of nitrogens with zero attached hydrogens (tertiary/aromatic N) is 6. The van der Waals surface area contributed by atoms with Crippen molar-refractivity contribution >= 4 is 28.4 Å². The van der Waals surface area contributed by atoms with Gasteiger partial charge in [0.15, 0.2) is 5.65 Å². The van der Waals surface area contributed by atoms with Crippen LogP contribution in [0, 0.1) is 0 Å². The molecule has 0 bridgehead atoms. The van der Waals surface area contributed by atoms with Crippen LogP contribution in [0.3, 0.4) is 0 Å². The summed E-state index contributed by atoms with van der Waals surface area (Å²) in [4.78, 5) is 28.9. The Morgan fingerprint density at radius 3 is 2.69 bits per heavy atom. The third kappa shape index (κ3) is 4.11. The molecule has 0 radical (unpaired) electrons. The third-order valence-electron chi connectivity index (χ3n) is 7.34. The molecule has 7 nitrogen and oxygen atoms in total. The Morgan fingerprint density at radius 2 is 1.83 bits per heavy atom. The molecule has 1 unspecified atom stereocenters. The molecule has 0 aliphatic carbocycles. The van der Waals surface area contributed by atoms with Crippen LogP contribution in [0.2, 0.25) is 0 Å². The number of amides is 1. The molecule has 1 amide bonds. The number of piperazine rings is 1. The first-order chi connectivity index (χ1) is 17.2. The number of hydrogen-bond acceptors (Lipinski definition) is 5. The van der Waals surface area contributed by atoms with Crippen molar-refractivity contribution < 1.29 is 4.79 Å². The van der Waals surface area contributed by atoms with E-state index in [4.69, 9.17) is 0 Å². The van der Waals surface area contributed by atoms with Gasteiger partial charge in [-0.25, -0.2) is 9.97 Å². The molecular weight excluding hydrogens is 436 g/mol. The van der Waals surface area contributed by atoms with Crippen molar-refractivity contribution in [3.63, 3.8) is 0 Å². The van der Waals surface area contributed by atoms with Gasteiger partial charge in [0.05, 0.1) is 6.33 Å². The summed E-state index contributed by atoms with van der Waals surface area (Å²) in [6.07, 6.45) is 4.51. The maximum Gasteiger partial charge on any atom is 0.242 e. The second-order valence-electron chi connectivity index (χ2n) is 9.52. The van der Waals surface area contributed by atoms with Gasteiger partial charge in [0.2, 0.25) is 5.91 Å². The van der Waals surface area contributed by atoms with E-state index in [1.807, 2.05) is 21.6 Å². The van der Waals surface area contributed by atoms with Gasteiger partial charge in [0.25, 0.3) is 0 Å². The van der Waals surface area contributed by atoms with Crippen molar-refractivity contribution in [3.8, 4) is 0 Å². The van der Waals surface area contributed by atoms with Gasteiger partial charge in [-0.05, 0) is 54.8 Å². The number of rotatable bonds is 4. The third-order valence-corrected chi connectivity index (χ3v) is 7.34. The van der Waals surface area contributed by atoms with Gasteiger partial charge in [0.1, 0.15) is 12.1 Å². The van der Waals surface area contributed by atoms with Crippen LogP contribution in [0.15, 0.2) is 73.2 Å². The second kappa shape index (κ2) is 9.06. The Labute approximate surface area is 205 Å². The van der Waals surface area contributed by atoms with Crippen LogP contribution >= 0.6 is 0 Å². The summed E-state index contributed by atoms with van der Waals surface area (Å²) in [5, 5.41) is 0. The molecule has 2 aromatic carbocycles. The molecule has 4 aromatic rings. The molecule has 4 heterocycles. The number of aromatic nitrogens is 3. The number of carbonyl (C=O) groups excluding carboxylic acids is 1. The van der Waals surface area contributed by atoms with Crippen LogP contribution in [-0.2, 0) is 24.3 Å². The van der Waals surface area contributed by atoms with Gasteiger partial charge in [-0.1, -0.05) is 30.3 Å². The molecule has 6 rings (SSSR count). The molecule has 1 fully saturated rings. The van der Waals surface area contributed by atoms with Gasteiger partial charge in [-0.15, -0.1) is 0 Å². The maximum absolute atomic E-state index is 13.2. The monoisotopic (exact) mass is 466 g/mol. The van der Waals surface area contributed by atoms with Crippen molar-refractivity contribution in [3.05, 3.63) is 84.3 Å². The zero-order valence-electron chi connectivity index (χ0n) is 20.0. The molecule has 0 spiro atoms. The highest BCUT2D eigenvalue weighted by Gasteiger charge is 2.30. The molecule has 35 heavy (non-hydrogen) atoms. The Balaban J connectivity index is 1.17. The number of pyridine rings is 1. The zero-order chi connectivity index (χ0) is 23.8. The van der Waals surface area contributed by atoms with E-state index in [2.05, 4.69) is 75.2 Å². The molecule has 2 aromatic heterocycles. The Kier molecular flexibility index (Phi) is 5.60. The van der Waals surface area contributed by atoms with Crippen LogP contribution in [-0.4, -0.2) is 57.6 Å². The summed E-state index contributed by atoms with van der Waals surface area (Å²) in [6, 6.07) is 21.3. The van der Waals surface area contributed by atoms with Gasteiger partial charge >= 0.3 is 0 Å². The summed E-state index contributed by atoms with van der Waals surface area (Å²) < 4.78 is 1.85. The lowest BCUT2D eigenvalue weighted by molar-refractivity contribution is -0.134. The van der Waals surface area contributed by atoms with Crippen molar-refractivity contribution in [2.75, 3.05) is 36.0 Å². The first-order valence-corrected chi connectivity index (χ1v) is 12.4. The average molecular weight is 467 g/mol. The molecule has 1 atom stereocenters. The highest BCUT2D eigenvalue weighted by atomic mass is 16.2. The highest BCUT2D eigenvalue weighted by molar-refractivity contribution is 5.79. The van der Waals surface area contributed by atoms with Crippen molar-refractivity contribution in [1.29, 1.82) is 0 Å². The summed E-state index contributed by atoms with van der Waals surface area (Å²) in [5.74, 6) is 0.118. The van der Waals surface area contributed by atoms with E-state index in [-0.39, 0.29) is 18.5 Å². The van der Waals surface area contributed by atoms with Crippen LogP contribution in [0.25, 0.3) is 11.2 Å². The van der Waals surface area contributed by atoms with Crippen LogP contribution in [0.5, 0.6) is 0 Å². The van der Waals surface area contributed by atoms with E-state index in [1.54, 1.807) is 12.5 Å². The standard InChI is InChI=1S/C28H30N6O/c1-21-17-32(15-16-34(21)27(35)19-33-20-30-25-10-6-13-29-28(25)33)26-11-5-7-22-12-14-31(18-24(22)26)23-8-3-2-4-9-23/h2-11,13,20-21H,12,14-19H2,1H3. The Morgan fingerprint density at radius 1 is 0.943 bits per heavy atom. The van der Waals surface area contributed by atoms with E-state index >= 15 is 0 Å². The number of anilines is 2. The predicted molar refractivity (Wildman–Crippen MR) is 139 cm³/mol. The number of fused-ring (bicyclic) bond motifs is 2. The maximum atomic E-state index is 13.2. The fraction of sp³-hybridized carbons (Fsp3) is 0.321. The predicted octanol–water partition coefficient (Wildman–Crippen LogP) is 3.73. The molecule has 2 aliphatic heterocycles. The molecule has 2 aliphatic rings. The molecule has 0 saturated carbocycles. The fourth-order valence-electron chi connectivity index (χ4n) is 5.51. The number of benzene rings is 2. The van der Waals surface area contributed by atoms with Crippen molar-refractivity contribution in [2.45, 2.75) is 32.5 Å². The van der Waals surface area contributed by atoms with Gasteiger partial charge in [0, 0.05) is 56.3 Å². The van der Waals surface area contributed by atoms with Gasteiger partial charge in [-0.3, -0.25) is 4.79 Å².